The molecule has 0 aliphatic carbocycles. The van der Waals surface area contributed by atoms with E-state index in [1.165, 1.54) is 11.1 Å². The van der Waals surface area contributed by atoms with Gasteiger partial charge in [0.2, 0.25) is 0 Å². The zero-order valence-electron chi connectivity index (χ0n) is 20.3. The summed E-state index contributed by atoms with van der Waals surface area (Å²) < 4.78 is 7.46. The van der Waals surface area contributed by atoms with E-state index in [0.29, 0.717) is 18.0 Å². The maximum Gasteiger partial charge on any atom is 0.251 e. The third-order valence-corrected chi connectivity index (χ3v) is 6.45. The number of carbonyl (C=O) groups excluding carboxylic acids is 1. The molecule has 4 aromatic rings. The molecule has 3 aromatic carbocycles. The zero-order valence-corrected chi connectivity index (χ0v) is 20.3. The lowest BCUT2D eigenvalue weighted by molar-refractivity contribution is 0.0953. The van der Waals surface area contributed by atoms with Crippen molar-refractivity contribution in [3.8, 4) is 5.75 Å². The Morgan fingerprint density at radius 3 is 2.47 bits per heavy atom. The van der Waals surface area contributed by atoms with Gasteiger partial charge in [-0.2, -0.15) is 0 Å². The molecule has 5 nitrogen and oxygen atoms in total. The summed E-state index contributed by atoms with van der Waals surface area (Å²) in [6.07, 6.45) is 2.76. The van der Waals surface area contributed by atoms with Crippen LogP contribution in [0.3, 0.4) is 0 Å². The molecule has 0 bridgehead atoms. The number of hydrogen-bond donors (Lipinski definition) is 1. The minimum atomic E-state index is -0.0717. The van der Waals surface area contributed by atoms with Gasteiger partial charge in [-0.25, -0.2) is 4.98 Å². The van der Waals surface area contributed by atoms with Crippen molar-refractivity contribution in [3.63, 3.8) is 0 Å². The van der Waals surface area contributed by atoms with Gasteiger partial charge in [-0.3, -0.25) is 4.79 Å². The van der Waals surface area contributed by atoms with E-state index in [2.05, 4.69) is 66.2 Å². The third kappa shape index (κ3) is 5.48. The van der Waals surface area contributed by atoms with Crippen LogP contribution >= 0.6 is 0 Å². The molecule has 1 N–H and O–H groups in total. The highest BCUT2D eigenvalue weighted by Gasteiger charge is 2.12. The maximum atomic E-state index is 12.4. The number of benzene rings is 3. The second-order valence-electron chi connectivity index (χ2n) is 8.74. The first-order valence-corrected chi connectivity index (χ1v) is 12.0. The number of aromatic nitrogens is 2. The summed E-state index contributed by atoms with van der Waals surface area (Å²) in [7, 11) is 1.62. The summed E-state index contributed by atoms with van der Waals surface area (Å²) in [4.78, 5) is 17.3. The van der Waals surface area contributed by atoms with Gasteiger partial charge in [0.25, 0.3) is 5.91 Å². The van der Waals surface area contributed by atoms with E-state index in [4.69, 9.17) is 9.72 Å². The summed E-state index contributed by atoms with van der Waals surface area (Å²) >= 11 is 0. The summed E-state index contributed by atoms with van der Waals surface area (Å²) in [6, 6.07) is 24.4. The van der Waals surface area contributed by atoms with Gasteiger partial charge in [0, 0.05) is 25.1 Å². The van der Waals surface area contributed by atoms with E-state index in [1.54, 1.807) is 31.4 Å². The molecule has 34 heavy (non-hydrogen) atoms. The molecule has 0 spiro atoms. The maximum absolute atomic E-state index is 12.4. The lowest BCUT2D eigenvalue weighted by Crippen LogP contribution is -2.25. The number of imidazole rings is 1. The number of fused-ring (bicyclic) bond motifs is 1. The van der Waals surface area contributed by atoms with Crippen LogP contribution in [-0.4, -0.2) is 29.1 Å². The van der Waals surface area contributed by atoms with Crippen LogP contribution in [0.25, 0.3) is 11.0 Å². The van der Waals surface area contributed by atoms with Gasteiger partial charge >= 0.3 is 0 Å². The summed E-state index contributed by atoms with van der Waals surface area (Å²) in [5.41, 5.74) is 5.44. The molecule has 176 valence electrons. The molecule has 0 fully saturated rings. The predicted octanol–water partition coefficient (Wildman–Crippen LogP) is 5.97. The van der Waals surface area contributed by atoms with Crippen molar-refractivity contribution in [2.45, 2.75) is 45.6 Å². The highest BCUT2D eigenvalue weighted by atomic mass is 16.5. The van der Waals surface area contributed by atoms with E-state index in [0.717, 1.165) is 48.4 Å². The van der Waals surface area contributed by atoms with Crippen LogP contribution < -0.4 is 10.1 Å². The van der Waals surface area contributed by atoms with Gasteiger partial charge in [0.1, 0.15) is 11.6 Å². The molecular formula is C29H33N3O2. The first-order chi connectivity index (χ1) is 16.6. The first-order valence-electron chi connectivity index (χ1n) is 12.0. The number of aryl methyl sites for hydroxylation is 1. The second-order valence-corrected chi connectivity index (χ2v) is 8.74. The van der Waals surface area contributed by atoms with E-state index >= 15 is 0 Å². The summed E-state index contributed by atoms with van der Waals surface area (Å²) in [5, 5.41) is 3.02. The monoisotopic (exact) mass is 455 g/mol. The number of para-hydroxylation sites is 2. The second kappa shape index (κ2) is 11.0. The molecule has 5 heteroatoms. The quantitative estimate of drug-likeness (QED) is 0.300. The number of hydrogen-bond acceptors (Lipinski definition) is 3. The lowest BCUT2D eigenvalue weighted by atomic mass is 9.97. The average Bonchev–Trinajstić information content (AvgIpc) is 3.23. The van der Waals surface area contributed by atoms with Crippen molar-refractivity contribution in [1.82, 2.24) is 14.9 Å². The number of carbonyl (C=O) groups is 1. The molecule has 4 rings (SSSR count). The minimum absolute atomic E-state index is 0.0717. The first kappa shape index (κ1) is 23.6. The molecule has 0 saturated heterocycles. The third-order valence-electron chi connectivity index (χ3n) is 6.45. The fourth-order valence-corrected chi connectivity index (χ4v) is 4.16. The van der Waals surface area contributed by atoms with Crippen LogP contribution in [0, 0.1) is 0 Å². The number of nitrogens with zero attached hydrogens (tertiary/aromatic N) is 2. The van der Waals surface area contributed by atoms with Crippen molar-refractivity contribution in [3.05, 3.63) is 95.3 Å². The van der Waals surface area contributed by atoms with Crippen LogP contribution in [0.5, 0.6) is 5.75 Å². The Bertz CT molecular complexity index is 1230. The van der Waals surface area contributed by atoms with Crippen LogP contribution in [-0.2, 0) is 13.0 Å². The fourth-order valence-electron chi connectivity index (χ4n) is 4.16. The van der Waals surface area contributed by atoms with Gasteiger partial charge in [0.15, 0.2) is 0 Å². The molecular weight excluding hydrogens is 422 g/mol. The molecule has 1 aromatic heterocycles. The van der Waals surface area contributed by atoms with Gasteiger partial charge in [-0.15, -0.1) is 0 Å². The normalized spacial score (nSPS) is 12.0. The summed E-state index contributed by atoms with van der Waals surface area (Å²) in [5.74, 6) is 2.29. The van der Waals surface area contributed by atoms with E-state index in [-0.39, 0.29) is 5.91 Å². The molecule has 0 saturated carbocycles. The Labute approximate surface area is 201 Å². The molecule has 0 aliphatic rings. The number of nitrogens with one attached hydrogen (secondary N) is 1. The van der Waals surface area contributed by atoms with Gasteiger partial charge in [-0.05, 0) is 66.3 Å². The van der Waals surface area contributed by atoms with Crippen LogP contribution in [0.4, 0.5) is 0 Å². The predicted molar refractivity (Wildman–Crippen MR) is 138 cm³/mol. The number of methoxy groups -OCH3 is 1. The number of rotatable bonds is 10. The topological polar surface area (TPSA) is 56.2 Å². The van der Waals surface area contributed by atoms with E-state index in [9.17, 15) is 4.79 Å². The molecule has 1 unspecified atom stereocenters. The Morgan fingerprint density at radius 2 is 1.76 bits per heavy atom. The fraction of sp³-hybridized carbons (Fsp3) is 0.310. The molecule has 1 heterocycles. The number of amides is 1. The summed E-state index contributed by atoms with van der Waals surface area (Å²) in [6.45, 7) is 5.87. The Hall–Kier alpha value is -3.60. The Kier molecular flexibility index (Phi) is 7.63. The molecule has 1 atom stereocenters. The van der Waals surface area contributed by atoms with Crippen molar-refractivity contribution < 1.29 is 9.53 Å². The van der Waals surface area contributed by atoms with Gasteiger partial charge < -0.3 is 14.6 Å². The standard InChI is InChI=1S/C29H33N3O2/c1-4-21(2)23-13-11-22(12-14-23)20-32-27-9-6-5-8-26(27)31-28(32)10-7-19-30-29(33)24-15-17-25(34-3)18-16-24/h5-6,8-9,11-18,21H,4,7,10,19-20H2,1-3H3,(H,30,33). The SMILES string of the molecule is CCC(C)c1ccc(Cn2c(CCCNC(=O)c3ccc(OC)cc3)nc3ccccc32)cc1. The molecule has 0 radical (unpaired) electrons. The number of ether oxygens (including phenoxy) is 1. The minimum Gasteiger partial charge on any atom is -0.497 e. The van der Waals surface area contributed by atoms with Crippen molar-refractivity contribution in [2.24, 2.45) is 0 Å². The van der Waals surface area contributed by atoms with E-state index in [1.807, 2.05) is 6.07 Å². The highest BCUT2D eigenvalue weighted by molar-refractivity contribution is 5.94. The molecule has 1 amide bonds. The van der Waals surface area contributed by atoms with Crippen molar-refractivity contribution in [2.75, 3.05) is 13.7 Å². The molecule has 0 aliphatic heterocycles. The zero-order chi connectivity index (χ0) is 23.9. The van der Waals surface area contributed by atoms with Gasteiger partial charge in [0.05, 0.1) is 18.1 Å². The van der Waals surface area contributed by atoms with Gasteiger partial charge in [-0.1, -0.05) is 50.2 Å². The smallest absolute Gasteiger partial charge is 0.251 e. The van der Waals surface area contributed by atoms with E-state index < -0.39 is 0 Å². The van der Waals surface area contributed by atoms with Crippen molar-refractivity contribution in [1.29, 1.82) is 0 Å². The van der Waals surface area contributed by atoms with Crippen molar-refractivity contribution >= 4 is 16.9 Å². The largest absolute Gasteiger partial charge is 0.497 e. The lowest BCUT2D eigenvalue weighted by Gasteiger charge is -2.12. The Morgan fingerprint density at radius 1 is 1.03 bits per heavy atom. The van der Waals surface area contributed by atoms with Crippen LogP contribution in [0.1, 0.15) is 59.9 Å². The van der Waals surface area contributed by atoms with Crippen LogP contribution in [0.2, 0.25) is 0 Å². The highest BCUT2D eigenvalue weighted by Crippen LogP contribution is 2.22. The van der Waals surface area contributed by atoms with Crippen LogP contribution in [0.15, 0.2) is 72.8 Å². The average molecular weight is 456 g/mol. The Balaban J connectivity index is 1.42.